The van der Waals surface area contributed by atoms with Crippen molar-refractivity contribution in [2.24, 2.45) is 7.05 Å². The van der Waals surface area contributed by atoms with Crippen LogP contribution in [0.15, 0.2) is 18.2 Å². The number of benzene rings is 1. The van der Waals surface area contributed by atoms with E-state index in [4.69, 9.17) is 27.9 Å². The van der Waals surface area contributed by atoms with Crippen molar-refractivity contribution >= 4 is 40.2 Å². The summed E-state index contributed by atoms with van der Waals surface area (Å²) in [5.74, 6) is -1.13. The number of hydrogen-bond acceptors (Lipinski definition) is 4. The number of aromatic nitrogens is 3. The number of fused-ring (bicyclic) bond motifs is 1. The van der Waals surface area contributed by atoms with Crippen LogP contribution in [0, 0.1) is 12.7 Å². The minimum Gasteiger partial charge on any atom is -0.462 e. The molecule has 0 amide bonds. The molecule has 0 spiro atoms. The third kappa shape index (κ3) is 3.07. The summed E-state index contributed by atoms with van der Waals surface area (Å²) < 4.78 is 20.6. The number of pyridine rings is 1. The zero-order valence-electron chi connectivity index (χ0n) is 13.7. The van der Waals surface area contributed by atoms with Crippen molar-refractivity contribution in [1.82, 2.24) is 14.8 Å². The summed E-state index contributed by atoms with van der Waals surface area (Å²) in [6.45, 7) is 3.73. The predicted molar refractivity (Wildman–Crippen MR) is 94.6 cm³/mol. The van der Waals surface area contributed by atoms with Crippen LogP contribution in [0.3, 0.4) is 0 Å². The molecule has 0 aliphatic rings. The molecule has 0 saturated heterocycles. The highest BCUT2D eigenvalue weighted by atomic mass is 35.5. The molecule has 3 aromatic rings. The Morgan fingerprint density at radius 3 is 2.68 bits per heavy atom. The summed E-state index contributed by atoms with van der Waals surface area (Å²) in [7, 11) is 1.71. The fourth-order valence-corrected chi connectivity index (χ4v) is 3.15. The molecule has 130 valence electrons. The minimum absolute atomic E-state index is 0.0863. The first kappa shape index (κ1) is 17.6. The van der Waals surface area contributed by atoms with Crippen LogP contribution in [-0.4, -0.2) is 27.3 Å². The smallest absolute Gasteiger partial charge is 0.339 e. The van der Waals surface area contributed by atoms with Crippen LogP contribution >= 0.6 is 23.2 Å². The van der Waals surface area contributed by atoms with Crippen LogP contribution in [0.5, 0.6) is 0 Å². The third-order valence-corrected chi connectivity index (χ3v) is 4.35. The van der Waals surface area contributed by atoms with Crippen LogP contribution in [-0.2, 0) is 11.8 Å². The van der Waals surface area contributed by atoms with Crippen molar-refractivity contribution in [3.8, 4) is 11.3 Å². The van der Waals surface area contributed by atoms with Crippen molar-refractivity contribution < 1.29 is 13.9 Å². The lowest BCUT2D eigenvalue weighted by Crippen LogP contribution is -2.07. The van der Waals surface area contributed by atoms with Crippen LogP contribution in [0.4, 0.5) is 4.39 Å². The van der Waals surface area contributed by atoms with E-state index >= 15 is 0 Å². The van der Waals surface area contributed by atoms with E-state index in [1.165, 1.54) is 18.2 Å². The second kappa shape index (κ2) is 6.61. The van der Waals surface area contributed by atoms with Gasteiger partial charge in [-0.15, -0.1) is 0 Å². The van der Waals surface area contributed by atoms with Crippen molar-refractivity contribution in [3.63, 3.8) is 0 Å². The Kier molecular flexibility index (Phi) is 4.67. The fourth-order valence-electron chi connectivity index (χ4n) is 2.67. The Bertz CT molecular complexity index is 1000. The second-order valence-electron chi connectivity index (χ2n) is 5.43. The quantitative estimate of drug-likeness (QED) is 0.492. The molecule has 0 bridgehead atoms. The number of esters is 1. The lowest BCUT2D eigenvalue weighted by Gasteiger charge is -2.10. The summed E-state index contributed by atoms with van der Waals surface area (Å²) in [5.41, 5.74) is 2.09. The zero-order valence-corrected chi connectivity index (χ0v) is 15.2. The van der Waals surface area contributed by atoms with Gasteiger partial charge in [0.2, 0.25) is 0 Å². The van der Waals surface area contributed by atoms with E-state index in [0.717, 1.165) is 0 Å². The van der Waals surface area contributed by atoms with Gasteiger partial charge in [0, 0.05) is 12.6 Å². The van der Waals surface area contributed by atoms with E-state index in [-0.39, 0.29) is 16.7 Å². The van der Waals surface area contributed by atoms with Crippen molar-refractivity contribution in [3.05, 3.63) is 45.3 Å². The Hall–Kier alpha value is -2.18. The maximum absolute atomic E-state index is 13.9. The molecule has 5 nitrogen and oxygen atoms in total. The number of carbonyl (C=O) groups is 1. The minimum atomic E-state index is -0.623. The maximum atomic E-state index is 13.9. The molecular weight excluding hydrogens is 368 g/mol. The Morgan fingerprint density at radius 2 is 2.00 bits per heavy atom. The van der Waals surface area contributed by atoms with Gasteiger partial charge in [-0.25, -0.2) is 14.2 Å². The van der Waals surface area contributed by atoms with Crippen molar-refractivity contribution in [2.75, 3.05) is 6.61 Å². The summed E-state index contributed by atoms with van der Waals surface area (Å²) in [4.78, 5) is 16.9. The highest BCUT2D eigenvalue weighted by molar-refractivity contribution is 6.36. The Balaban J connectivity index is 2.32. The highest BCUT2D eigenvalue weighted by Crippen LogP contribution is 2.34. The Morgan fingerprint density at radius 1 is 1.28 bits per heavy atom. The van der Waals surface area contributed by atoms with E-state index < -0.39 is 11.8 Å². The average Bonchev–Trinajstić information content (AvgIpc) is 2.85. The first-order valence-corrected chi connectivity index (χ1v) is 8.25. The fraction of sp³-hybridized carbons (Fsp3) is 0.235. The molecule has 8 heteroatoms. The molecule has 0 fully saturated rings. The molecule has 0 radical (unpaired) electrons. The predicted octanol–water partition coefficient (Wildman–Crippen LogP) is 4.57. The second-order valence-corrected chi connectivity index (χ2v) is 6.24. The standard InChI is InChI=1S/C17H14Cl2FN3O2/c1-4-25-17(24)10-6-14(9-5-13(20)12(19)7-11(9)18)21-16-15(10)8(2)22-23(16)3/h5-7H,4H2,1-3H3. The van der Waals surface area contributed by atoms with Gasteiger partial charge < -0.3 is 4.74 Å². The van der Waals surface area contributed by atoms with Gasteiger partial charge in [0.25, 0.3) is 0 Å². The normalized spacial score (nSPS) is 11.1. The number of carbonyl (C=O) groups excluding carboxylic acids is 1. The van der Waals surface area contributed by atoms with E-state index in [1.807, 2.05) is 0 Å². The summed E-state index contributed by atoms with van der Waals surface area (Å²) in [6.07, 6.45) is 0. The van der Waals surface area contributed by atoms with Crippen LogP contribution in [0.25, 0.3) is 22.3 Å². The maximum Gasteiger partial charge on any atom is 0.339 e. The van der Waals surface area contributed by atoms with Crippen LogP contribution < -0.4 is 0 Å². The lowest BCUT2D eigenvalue weighted by atomic mass is 10.1. The number of hydrogen-bond donors (Lipinski definition) is 0. The summed E-state index contributed by atoms with van der Waals surface area (Å²) >= 11 is 11.9. The van der Waals surface area contributed by atoms with Crippen LogP contribution in [0.1, 0.15) is 23.0 Å². The monoisotopic (exact) mass is 381 g/mol. The molecule has 0 aliphatic heterocycles. The van der Waals surface area contributed by atoms with Gasteiger partial charge in [0.15, 0.2) is 5.65 Å². The average molecular weight is 382 g/mol. The molecule has 0 aliphatic carbocycles. The van der Waals surface area contributed by atoms with Crippen molar-refractivity contribution in [1.29, 1.82) is 0 Å². The van der Waals surface area contributed by atoms with E-state index in [1.54, 1.807) is 25.6 Å². The lowest BCUT2D eigenvalue weighted by molar-refractivity contribution is 0.0528. The van der Waals surface area contributed by atoms with Crippen molar-refractivity contribution in [2.45, 2.75) is 13.8 Å². The van der Waals surface area contributed by atoms with Gasteiger partial charge in [-0.05, 0) is 32.0 Å². The number of ether oxygens (including phenoxy) is 1. The molecule has 2 heterocycles. The molecule has 1 aromatic carbocycles. The molecule has 0 N–H and O–H groups in total. The van der Waals surface area contributed by atoms with E-state index in [9.17, 15) is 9.18 Å². The van der Waals surface area contributed by atoms with Gasteiger partial charge in [-0.1, -0.05) is 23.2 Å². The van der Waals surface area contributed by atoms with E-state index in [2.05, 4.69) is 10.1 Å². The summed E-state index contributed by atoms with van der Waals surface area (Å²) in [5, 5.41) is 5.04. The Labute approximate surface area is 153 Å². The molecular formula is C17H14Cl2FN3O2. The van der Waals surface area contributed by atoms with E-state index in [0.29, 0.717) is 33.5 Å². The molecule has 3 rings (SSSR count). The molecule has 0 atom stereocenters. The molecule has 25 heavy (non-hydrogen) atoms. The largest absolute Gasteiger partial charge is 0.462 e. The highest BCUT2D eigenvalue weighted by Gasteiger charge is 2.21. The third-order valence-electron chi connectivity index (χ3n) is 3.75. The van der Waals surface area contributed by atoms with Gasteiger partial charge in [-0.2, -0.15) is 5.10 Å². The summed E-state index contributed by atoms with van der Waals surface area (Å²) in [6, 6.07) is 4.03. The number of nitrogens with zero attached hydrogens (tertiary/aromatic N) is 3. The first-order chi connectivity index (χ1) is 11.8. The molecule has 0 saturated carbocycles. The number of rotatable bonds is 3. The zero-order chi connectivity index (χ0) is 18.3. The molecule has 0 unspecified atom stereocenters. The SMILES string of the molecule is CCOC(=O)c1cc(-c2cc(F)c(Cl)cc2Cl)nc2c1c(C)nn2C. The number of halogens is 3. The van der Waals surface area contributed by atoms with Gasteiger partial charge in [0.05, 0.1) is 39.0 Å². The first-order valence-electron chi connectivity index (χ1n) is 7.49. The topological polar surface area (TPSA) is 57.0 Å². The van der Waals surface area contributed by atoms with Gasteiger partial charge >= 0.3 is 5.97 Å². The van der Waals surface area contributed by atoms with Crippen LogP contribution in [0.2, 0.25) is 10.0 Å². The van der Waals surface area contributed by atoms with Gasteiger partial charge in [-0.3, -0.25) is 4.68 Å². The molecule has 2 aromatic heterocycles. The van der Waals surface area contributed by atoms with Gasteiger partial charge in [0.1, 0.15) is 5.82 Å². The number of aryl methyl sites for hydroxylation is 2.